The molecule has 9 heteroatoms. The monoisotopic (exact) mass is 432 g/mol. The zero-order chi connectivity index (χ0) is 21.1. The number of rotatable bonds is 6. The Bertz CT molecular complexity index is 1120. The largest absolute Gasteiger partial charge is 0.494 e. The Morgan fingerprint density at radius 1 is 1.10 bits per heavy atom. The minimum absolute atomic E-state index is 0.0499. The minimum Gasteiger partial charge on any atom is -0.494 e. The van der Waals surface area contributed by atoms with E-state index in [0.29, 0.717) is 38.7 Å². The van der Waals surface area contributed by atoms with Crippen molar-refractivity contribution >= 4 is 15.7 Å². The van der Waals surface area contributed by atoms with Crippen LogP contribution in [0.5, 0.6) is 5.75 Å². The van der Waals surface area contributed by atoms with Gasteiger partial charge in [0.25, 0.3) is 0 Å². The van der Waals surface area contributed by atoms with E-state index in [-0.39, 0.29) is 27.3 Å². The number of sulfone groups is 1. The number of ether oxygens (including phenoxy) is 2. The number of benzene rings is 2. The van der Waals surface area contributed by atoms with Crippen molar-refractivity contribution in [2.45, 2.75) is 16.8 Å². The SMILES string of the molecule is CCOc1ccc(S(=O)(=O)c2nc(-c3ccccc3F)oc2N2CCOCC2)cc1. The lowest BCUT2D eigenvalue weighted by Gasteiger charge is -2.26. The van der Waals surface area contributed by atoms with E-state index in [1.807, 2.05) is 6.92 Å². The molecule has 1 aliphatic heterocycles. The average molecular weight is 432 g/mol. The van der Waals surface area contributed by atoms with E-state index in [2.05, 4.69) is 4.98 Å². The van der Waals surface area contributed by atoms with Gasteiger partial charge in [-0.25, -0.2) is 12.8 Å². The first kappa shape index (κ1) is 20.4. The summed E-state index contributed by atoms with van der Waals surface area (Å²) >= 11 is 0. The first-order chi connectivity index (χ1) is 14.5. The van der Waals surface area contributed by atoms with Crippen LogP contribution in [0.15, 0.2) is 62.9 Å². The molecular formula is C21H21FN2O5S. The summed E-state index contributed by atoms with van der Waals surface area (Å²) in [5, 5.41) is -0.244. The number of nitrogens with zero attached hydrogens (tertiary/aromatic N) is 2. The lowest BCUT2D eigenvalue weighted by atomic mass is 10.2. The predicted octanol–water partition coefficient (Wildman–Crippen LogP) is 3.55. The highest BCUT2D eigenvalue weighted by Gasteiger charge is 2.32. The summed E-state index contributed by atoms with van der Waals surface area (Å²) < 4.78 is 57.6. The van der Waals surface area contributed by atoms with Crippen molar-refractivity contribution in [1.82, 2.24) is 4.98 Å². The maximum absolute atomic E-state index is 14.3. The van der Waals surface area contributed by atoms with Gasteiger partial charge in [0.15, 0.2) is 0 Å². The summed E-state index contributed by atoms with van der Waals surface area (Å²) in [6.45, 7) is 4.06. The predicted molar refractivity (Wildman–Crippen MR) is 108 cm³/mol. The summed E-state index contributed by atoms with van der Waals surface area (Å²) in [4.78, 5) is 6.02. The maximum Gasteiger partial charge on any atom is 0.236 e. The number of aromatic nitrogens is 1. The normalized spacial score (nSPS) is 14.7. The number of hydrogen-bond donors (Lipinski definition) is 0. The van der Waals surface area contributed by atoms with E-state index in [1.165, 1.54) is 24.3 Å². The fraction of sp³-hybridized carbons (Fsp3) is 0.286. The first-order valence-electron chi connectivity index (χ1n) is 9.57. The van der Waals surface area contributed by atoms with Crippen molar-refractivity contribution in [1.29, 1.82) is 0 Å². The molecule has 4 rings (SSSR count). The molecule has 2 aromatic carbocycles. The van der Waals surface area contributed by atoms with E-state index in [9.17, 15) is 12.8 Å². The van der Waals surface area contributed by atoms with Crippen molar-refractivity contribution in [2.75, 3.05) is 37.8 Å². The van der Waals surface area contributed by atoms with Gasteiger partial charge in [-0.05, 0) is 43.3 Å². The zero-order valence-electron chi connectivity index (χ0n) is 16.4. The molecule has 7 nitrogen and oxygen atoms in total. The van der Waals surface area contributed by atoms with Gasteiger partial charge in [0.05, 0.1) is 30.3 Å². The number of oxazole rings is 1. The Labute approximate surface area is 174 Å². The Balaban J connectivity index is 1.81. The molecule has 0 saturated carbocycles. The van der Waals surface area contributed by atoms with E-state index in [0.717, 1.165) is 0 Å². The highest BCUT2D eigenvalue weighted by atomic mass is 32.2. The van der Waals surface area contributed by atoms with E-state index < -0.39 is 15.7 Å². The third-order valence-electron chi connectivity index (χ3n) is 4.68. The van der Waals surface area contributed by atoms with E-state index in [4.69, 9.17) is 13.9 Å². The molecule has 0 radical (unpaired) electrons. The molecule has 0 amide bonds. The lowest BCUT2D eigenvalue weighted by Crippen LogP contribution is -2.36. The van der Waals surface area contributed by atoms with Crippen LogP contribution in [0.3, 0.4) is 0 Å². The van der Waals surface area contributed by atoms with Crippen LogP contribution < -0.4 is 9.64 Å². The fourth-order valence-electron chi connectivity index (χ4n) is 3.18. The van der Waals surface area contributed by atoms with Gasteiger partial charge in [0, 0.05) is 13.1 Å². The van der Waals surface area contributed by atoms with Crippen LogP contribution in [0, 0.1) is 5.82 Å². The van der Waals surface area contributed by atoms with Crippen LogP contribution >= 0.6 is 0 Å². The standard InChI is InChI=1S/C21H21FN2O5S/c1-2-28-15-7-9-16(10-8-15)30(25,26)20-21(24-11-13-27-14-12-24)29-19(23-20)17-5-3-4-6-18(17)22/h3-10H,2,11-14H2,1H3. The second-order valence-corrected chi connectivity index (χ2v) is 8.48. The first-order valence-corrected chi connectivity index (χ1v) is 11.1. The van der Waals surface area contributed by atoms with Crippen LogP contribution in [-0.4, -0.2) is 46.3 Å². The smallest absolute Gasteiger partial charge is 0.236 e. The third-order valence-corrected chi connectivity index (χ3v) is 6.35. The highest BCUT2D eigenvalue weighted by molar-refractivity contribution is 7.91. The van der Waals surface area contributed by atoms with Crippen LogP contribution in [0.2, 0.25) is 0 Å². The molecule has 0 unspecified atom stereocenters. The number of morpholine rings is 1. The van der Waals surface area contributed by atoms with E-state index >= 15 is 0 Å². The van der Waals surface area contributed by atoms with Crippen molar-refractivity contribution in [2.24, 2.45) is 0 Å². The average Bonchev–Trinajstić information content (AvgIpc) is 3.21. The minimum atomic E-state index is -4.02. The fourth-order valence-corrected chi connectivity index (χ4v) is 4.50. The Morgan fingerprint density at radius 2 is 1.80 bits per heavy atom. The van der Waals surface area contributed by atoms with Gasteiger partial charge >= 0.3 is 0 Å². The van der Waals surface area contributed by atoms with Crippen LogP contribution in [0.4, 0.5) is 10.3 Å². The second kappa shape index (κ2) is 8.45. The molecule has 0 N–H and O–H groups in total. The molecule has 1 aromatic heterocycles. The summed E-state index contributed by atoms with van der Waals surface area (Å²) in [5.41, 5.74) is 0.0974. The maximum atomic E-state index is 14.3. The molecule has 158 valence electrons. The van der Waals surface area contributed by atoms with Crippen molar-refractivity contribution in [3.63, 3.8) is 0 Å². The highest BCUT2D eigenvalue weighted by Crippen LogP contribution is 2.36. The molecule has 0 spiro atoms. The molecule has 1 fully saturated rings. The van der Waals surface area contributed by atoms with Gasteiger partial charge in [-0.3, -0.25) is 0 Å². The molecule has 1 aliphatic rings. The molecule has 2 heterocycles. The second-order valence-electron chi connectivity index (χ2n) is 6.62. The van der Waals surface area contributed by atoms with Crippen molar-refractivity contribution in [3.8, 4) is 17.2 Å². The van der Waals surface area contributed by atoms with Gasteiger partial charge in [-0.15, -0.1) is 0 Å². The Morgan fingerprint density at radius 3 is 2.47 bits per heavy atom. The molecule has 30 heavy (non-hydrogen) atoms. The van der Waals surface area contributed by atoms with Gasteiger partial charge in [0.1, 0.15) is 11.6 Å². The van der Waals surface area contributed by atoms with Crippen LogP contribution in [-0.2, 0) is 14.6 Å². The van der Waals surface area contributed by atoms with E-state index in [1.54, 1.807) is 29.2 Å². The molecule has 3 aromatic rings. The van der Waals surface area contributed by atoms with Crippen LogP contribution in [0.25, 0.3) is 11.5 Å². The Hall–Kier alpha value is -2.91. The molecule has 0 atom stereocenters. The topological polar surface area (TPSA) is 81.9 Å². The third kappa shape index (κ3) is 3.90. The number of anilines is 1. The quantitative estimate of drug-likeness (QED) is 0.589. The molecular weight excluding hydrogens is 411 g/mol. The summed E-state index contributed by atoms with van der Waals surface area (Å²) in [5.74, 6) is 0.0267. The van der Waals surface area contributed by atoms with Gasteiger partial charge in [-0.2, -0.15) is 4.98 Å². The van der Waals surface area contributed by atoms with Gasteiger partial charge in [0.2, 0.25) is 26.6 Å². The number of hydrogen-bond acceptors (Lipinski definition) is 7. The summed E-state index contributed by atoms with van der Waals surface area (Å²) in [6.07, 6.45) is 0. The zero-order valence-corrected chi connectivity index (χ0v) is 17.2. The summed E-state index contributed by atoms with van der Waals surface area (Å²) in [6, 6.07) is 12.0. The van der Waals surface area contributed by atoms with Gasteiger partial charge < -0.3 is 18.8 Å². The van der Waals surface area contributed by atoms with Gasteiger partial charge in [-0.1, -0.05) is 12.1 Å². The molecule has 1 saturated heterocycles. The molecule has 0 aliphatic carbocycles. The molecule has 0 bridgehead atoms. The summed E-state index contributed by atoms with van der Waals surface area (Å²) in [7, 11) is -4.02. The number of halogens is 1. The lowest BCUT2D eigenvalue weighted by molar-refractivity contribution is 0.120. The van der Waals surface area contributed by atoms with Crippen LogP contribution in [0.1, 0.15) is 6.92 Å². The van der Waals surface area contributed by atoms with Crippen molar-refractivity contribution < 1.29 is 26.7 Å². The van der Waals surface area contributed by atoms with Crippen molar-refractivity contribution in [3.05, 3.63) is 54.3 Å². The Kier molecular flexibility index (Phi) is 5.74.